The van der Waals surface area contributed by atoms with E-state index in [9.17, 15) is 8.42 Å². The molecule has 134 valence electrons. The van der Waals surface area contributed by atoms with Crippen molar-refractivity contribution in [2.24, 2.45) is 5.92 Å². The Labute approximate surface area is 148 Å². The fraction of sp³-hybridized carbons (Fsp3) is 0.471. The molecule has 1 unspecified atom stereocenters. The predicted molar refractivity (Wildman–Crippen MR) is 97.0 cm³/mol. The molecule has 1 aliphatic heterocycles. The number of sulfonamides is 1. The summed E-state index contributed by atoms with van der Waals surface area (Å²) in [5.41, 5.74) is 0.882. The van der Waals surface area contributed by atoms with Crippen molar-refractivity contribution in [1.29, 1.82) is 0 Å². The molecule has 1 saturated heterocycles. The van der Waals surface area contributed by atoms with E-state index in [0.717, 1.165) is 30.8 Å². The Morgan fingerprint density at radius 2 is 2.08 bits per heavy atom. The molecule has 7 nitrogen and oxygen atoms in total. The molecule has 0 aliphatic carbocycles. The van der Waals surface area contributed by atoms with Gasteiger partial charge in [0.05, 0.1) is 11.4 Å². The van der Waals surface area contributed by atoms with Gasteiger partial charge in [0.25, 0.3) is 0 Å². The summed E-state index contributed by atoms with van der Waals surface area (Å²) in [5.74, 6) is 1.81. The lowest BCUT2D eigenvalue weighted by molar-refractivity contribution is 0.264. The molecular formula is C17H23N5O2S. The minimum absolute atomic E-state index is 0.160. The summed E-state index contributed by atoms with van der Waals surface area (Å²) in [4.78, 5) is 4.19. The van der Waals surface area contributed by atoms with Gasteiger partial charge >= 0.3 is 0 Å². The van der Waals surface area contributed by atoms with Gasteiger partial charge in [0.2, 0.25) is 10.0 Å². The summed E-state index contributed by atoms with van der Waals surface area (Å²) in [6.07, 6.45) is 4.37. The Morgan fingerprint density at radius 3 is 2.76 bits per heavy atom. The second-order valence-corrected chi connectivity index (χ2v) is 8.48. The van der Waals surface area contributed by atoms with Crippen LogP contribution in [0.2, 0.25) is 0 Å². The molecule has 3 heterocycles. The maximum atomic E-state index is 12.1. The molecule has 1 N–H and O–H groups in total. The highest BCUT2D eigenvalue weighted by atomic mass is 32.2. The highest BCUT2D eigenvalue weighted by molar-refractivity contribution is 7.89. The molecule has 1 aliphatic rings. The SMILES string of the molecule is CCS(=O)(=O)N1CCCC(Cc2ccc(Nc3ccccn3)nn2)C1. The van der Waals surface area contributed by atoms with Gasteiger partial charge < -0.3 is 5.32 Å². The van der Waals surface area contributed by atoms with E-state index in [0.29, 0.717) is 24.8 Å². The van der Waals surface area contributed by atoms with Crippen molar-refractivity contribution in [2.45, 2.75) is 26.2 Å². The molecule has 25 heavy (non-hydrogen) atoms. The number of aromatic nitrogens is 3. The van der Waals surface area contributed by atoms with Crippen molar-refractivity contribution in [3.8, 4) is 0 Å². The van der Waals surface area contributed by atoms with Gasteiger partial charge in [0.1, 0.15) is 5.82 Å². The van der Waals surface area contributed by atoms with Gasteiger partial charge in [-0.05, 0) is 56.4 Å². The number of hydrogen-bond donors (Lipinski definition) is 1. The van der Waals surface area contributed by atoms with Gasteiger partial charge in [-0.15, -0.1) is 5.10 Å². The Morgan fingerprint density at radius 1 is 1.20 bits per heavy atom. The average Bonchev–Trinajstić information content (AvgIpc) is 2.64. The van der Waals surface area contributed by atoms with Crippen LogP contribution in [-0.4, -0.2) is 46.7 Å². The molecule has 2 aromatic rings. The Kier molecular flexibility index (Phi) is 5.60. The van der Waals surface area contributed by atoms with Crippen LogP contribution in [0, 0.1) is 5.92 Å². The van der Waals surface area contributed by atoms with E-state index in [1.54, 1.807) is 17.4 Å². The topological polar surface area (TPSA) is 88.1 Å². The quantitative estimate of drug-likeness (QED) is 0.849. The van der Waals surface area contributed by atoms with Crippen molar-refractivity contribution < 1.29 is 8.42 Å². The average molecular weight is 361 g/mol. The third-order valence-corrected chi connectivity index (χ3v) is 6.23. The molecular weight excluding hydrogens is 338 g/mol. The molecule has 0 spiro atoms. The Hall–Kier alpha value is -2.06. The fourth-order valence-corrected chi connectivity index (χ4v) is 4.24. The summed E-state index contributed by atoms with van der Waals surface area (Å²) < 4.78 is 25.7. The predicted octanol–water partition coefficient (Wildman–Crippen LogP) is 2.22. The third-order valence-electron chi connectivity index (χ3n) is 4.38. The zero-order chi connectivity index (χ0) is 17.7. The van der Waals surface area contributed by atoms with E-state index in [1.165, 1.54) is 0 Å². The van der Waals surface area contributed by atoms with Gasteiger partial charge in [-0.25, -0.2) is 17.7 Å². The summed E-state index contributed by atoms with van der Waals surface area (Å²) >= 11 is 0. The van der Waals surface area contributed by atoms with Crippen molar-refractivity contribution in [3.05, 3.63) is 42.2 Å². The monoisotopic (exact) mass is 361 g/mol. The first-order valence-corrected chi connectivity index (χ1v) is 10.2. The molecule has 0 aromatic carbocycles. The number of nitrogens with zero attached hydrogens (tertiary/aromatic N) is 4. The smallest absolute Gasteiger partial charge is 0.213 e. The number of pyridine rings is 1. The largest absolute Gasteiger partial charge is 0.323 e. The number of anilines is 2. The summed E-state index contributed by atoms with van der Waals surface area (Å²) in [7, 11) is -3.11. The van der Waals surface area contributed by atoms with E-state index < -0.39 is 10.0 Å². The molecule has 1 atom stereocenters. The van der Waals surface area contributed by atoms with E-state index in [1.807, 2.05) is 30.3 Å². The van der Waals surface area contributed by atoms with E-state index in [2.05, 4.69) is 20.5 Å². The molecule has 0 saturated carbocycles. The summed E-state index contributed by atoms with van der Waals surface area (Å²) in [6, 6.07) is 9.43. The highest BCUT2D eigenvalue weighted by Crippen LogP contribution is 2.22. The van der Waals surface area contributed by atoms with Crippen LogP contribution in [0.1, 0.15) is 25.5 Å². The first kappa shape index (κ1) is 17.8. The molecule has 2 aromatic heterocycles. The zero-order valence-electron chi connectivity index (χ0n) is 14.3. The normalized spacial score (nSPS) is 18.8. The van der Waals surface area contributed by atoms with Gasteiger partial charge in [-0.3, -0.25) is 0 Å². The van der Waals surface area contributed by atoms with Gasteiger partial charge in [-0.2, -0.15) is 5.10 Å². The van der Waals surface area contributed by atoms with E-state index in [-0.39, 0.29) is 5.75 Å². The Balaban J connectivity index is 1.59. The molecule has 0 amide bonds. The molecule has 3 rings (SSSR count). The van der Waals surface area contributed by atoms with E-state index in [4.69, 9.17) is 0 Å². The standard InChI is InChI=1S/C17H23N5O2S/c1-2-25(23,24)22-11-5-6-14(13-22)12-15-8-9-17(21-20-15)19-16-7-3-4-10-18-16/h3-4,7-10,14H,2,5-6,11-13H2,1H3,(H,18,19,21). The molecule has 0 radical (unpaired) electrons. The maximum Gasteiger partial charge on any atom is 0.213 e. The van der Waals surface area contributed by atoms with Gasteiger partial charge in [0, 0.05) is 19.3 Å². The lowest BCUT2D eigenvalue weighted by Gasteiger charge is -2.31. The second-order valence-electron chi connectivity index (χ2n) is 6.22. The van der Waals surface area contributed by atoms with Crippen LogP contribution in [0.25, 0.3) is 0 Å². The molecule has 0 bridgehead atoms. The first-order chi connectivity index (χ1) is 12.1. The molecule has 8 heteroatoms. The van der Waals surface area contributed by atoms with Crippen LogP contribution >= 0.6 is 0 Å². The van der Waals surface area contributed by atoms with Crippen LogP contribution < -0.4 is 5.32 Å². The van der Waals surface area contributed by atoms with Crippen LogP contribution in [-0.2, 0) is 16.4 Å². The summed E-state index contributed by atoms with van der Waals surface area (Å²) in [6.45, 7) is 2.90. The van der Waals surface area contributed by atoms with Gasteiger partial charge in [0.15, 0.2) is 5.82 Å². The number of rotatable bonds is 6. The highest BCUT2D eigenvalue weighted by Gasteiger charge is 2.27. The first-order valence-electron chi connectivity index (χ1n) is 8.55. The fourth-order valence-electron chi connectivity index (χ4n) is 3.03. The van der Waals surface area contributed by atoms with Crippen LogP contribution in [0.4, 0.5) is 11.6 Å². The lowest BCUT2D eigenvalue weighted by atomic mass is 9.94. The maximum absolute atomic E-state index is 12.1. The third kappa shape index (κ3) is 4.73. The molecule has 1 fully saturated rings. The van der Waals surface area contributed by atoms with Crippen LogP contribution in [0.5, 0.6) is 0 Å². The zero-order valence-corrected chi connectivity index (χ0v) is 15.1. The minimum atomic E-state index is -3.11. The second kappa shape index (κ2) is 7.88. The Bertz CT molecular complexity index is 780. The number of piperidine rings is 1. The summed E-state index contributed by atoms with van der Waals surface area (Å²) in [5, 5.41) is 11.6. The van der Waals surface area contributed by atoms with Crippen LogP contribution in [0.15, 0.2) is 36.5 Å². The van der Waals surface area contributed by atoms with Crippen molar-refractivity contribution in [2.75, 3.05) is 24.2 Å². The van der Waals surface area contributed by atoms with Crippen molar-refractivity contribution in [1.82, 2.24) is 19.5 Å². The number of hydrogen-bond acceptors (Lipinski definition) is 6. The van der Waals surface area contributed by atoms with Crippen molar-refractivity contribution in [3.63, 3.8) is 0 Å². The van der Waals surface area contributed by atoms with Crippen LogP contribution in [0.3, 0.4) is 0 Å². The lowest BCUT2D eigenvalue weighted by Crippen LogP contribution is -2.41. The van der Waals surface area contributed by atoms with E-state index >= 15 is 0 Å². The number of nitrogens with one attached hydrogen (secondary N) is 1. The van der Waals surface area contributed by atoms with Crippen molar-refractivity contribution >= 4 is 21.7 Å². The van der Waals surface area contributed by atoms with Gasteiger partial charge in [-0.1, -0.05) is 6.07 Å². The minimum Gasteiger partial charge on any atom is -0.323 e.